The van der Waals surface area contributed by atoms with Gasteiger partial charge >= 0.3 is 11.8 Å². The van der Waals surface area contributed by atoms with E-state index in [1.165, 1.54) is 6.92 Å². The Bertz CT molecular complexity index is 181. The lowest BCUT2D eigenvalue weighted by atomic mass is 10.5. The average Bonchev–Trinajstić information content (AvgIpc) is 1.98. The molecule has 0 aromatic heterocycles. The van der Waals surface area contributed by atoms with Crippen LogP contribution in [0.5, 0.6) is 0 Å². The largest absolute Gasteiger partial charge is 0.377 e. The van der Waals surface area contributed by atoms with E-state index in [-0.39, 0.29) is 6.54 Å². The highest BCUT2D eigenvalue weighted by Gasteiger charge is 2.17. The molecule has 1 atom stereocenters. The molecule has 0 saturated carbocycles. The number of primary amides is 1. The van der Waals surface area contributed by atoms with E-state index in [2.05, 4.69) is 5.43 Å². The number of likely N-dealkylation sites (N-methyl/N-ethyl adjacent to an activating group) is 1. The summed E-state index contributed by atoms with van der Waals surface area (Å²) in [4.78, 5) is 21.3. The van der Waals surface area contributed by atoms with E-state index in [1.807, 2.05) is 0 Å². The van der Waals surface area contributed by atoms with Crippen molar-refractivity contribution in [3.05, 3.63) is 0 Å². The highest BCUT2D eigenvalue weighted by Crippen LogP contribution is 1.85. The molecule has 0 aromatic rings. The Morgan fingerprint density at radius 1 is 1.67 bits per heavy atom. The van der Waals surface area contributed by atoms with Crippen LogP contribution < -0.4 is 11.2 Å². The van der Waals surface area contributed by atoms with Crippen LogP contribution in [0.25, 0.3) is 0 Å². The maximum atomic E-state index is 10.9. The van der Waals surface area contributed by atoms with E-state index in [0.717, 1.165) is 5.01 Å². The molecule has 0 aromatic carbocycles. The predicted molar refractivity (Wildman–Crippen MR) is 41.4 cm³/mol. The molecule has 0 rings (SSSR count). The number of carbonyl (C=O) groups excluding carboxylic acids is 2. The molecule has 4 N–H and O–H groups in total. The van der Waals surface area contributed by atoms with Gasteiger partial charge in [0.05, 0.1) is 0 Å². The number of nitrogens with one attached hydrogen (secondary N) is 1. The number of hydrazine groups is 1. The van der Waals surface area contributed by atoms with Crippen LogP contribution in [0.15, 0.2) is 0 Å². The normalized spacial score (nSPS) is 12.2. The molecule has 0 spiro atoms. The first kappa shape index (κ1) is 10.9. The van der Waals surface area contributed by atoms with Crippen molar-refractivity contribution in [1.29, 1.82) is 0 Å². The Kier molecular flexibility index (Phi) is 4.24. The fourth-order valence-electron chi connectivity index (χ4n) is 0.652. The van der Waals surface area contributed by atoms with Crippen molar-refractivity contribution in [2.45, 2.75) is 20.1 Å². The molecule has 6 nitrogen and oxygen atoms in total. The predicted octanol–water partition coefficient (Wildman–Crippen LogP) is -1.84. The Labute approximate surface area is 70.3 Å². The second kappa shape index (κ2) is 4.68. The maximum Gasteiger partial charge on any atom is 0.325 e. The molecule has 0 aliphatic heterocycles. The summed E-state index contributed by atoms with van der Waals surface area (Å²) < 4.78 is 0. The summed E-state index contributed by atoms with van der Waals surface area (Å²) in [6.45, 7) is 3.33. The molecule has 0 fully saturated rings. The van der Waals surface area contributed by atoms with Gasteiger partial charge in [-0.25, -0.2) is 5.43 Å². The fourth-order valence-corrected chi connectivity index (χ4v) is 0.652. The number of rotatable bonds is 3. The minimum absolute atomic E-state index is 0.257. The average molecular weight is 175 g/mol. The number of nitrogens with two attached hydrogens (primary N) is 1. The molecule has 0 aliphatic carbocycles. The molecule has 0 aliphatic rings. The van der Waals surface area contributed by atoms with Gasteiger partial charge < -0.3 is 10.8 Å². The first-order chi connectivity index (χ1) is 5.49. The van der Waals surface area contributed by atoms with Gasteiger partial charge in [-0.3, -0.25) is 14.6 Å². The first-order valence-electron chi connectivity index (χ1n) is 3.54. The van der Waals surface area contributed by atoms with Crippen LogP contribution in [0.1, 0.15) is 13.8 Å². The van der Waals surface area contributed by atoms with Crippen molar-refractivity contribution >= 4 is 11.8 Å². The van der Waals surface area contributed by atoms with E-state index < -0.39 is 18.0 Å². The highest BCUT2D eigenvalue weighted by molar-refractivity contribution is 6.34. The second-order valence-electron chi connectivity index (χ2n) is 2.22. The third-order valence-electron chi connectivity index (χ3n) is 1.11. The standard InChI is InChI=1S/C6H13N3O3/c1-3-9(8-4(2)10)6(12)5(7)11/h4,8,10H,3H2,1-2H3,(H2,7,11). The van der Waals surface area contributed by atoms with Crippen molar-refractivity contribution in [2.24, 2.45) is 5.73 Å². The van der Waals surface area contributed by atoms with Gasteiger partial charge in [-0.15, -0.1) is 0 Å². The third kappa shape index (κ3) is 3.31. The lowest BCUT2D eigenvalue weighted by Crippen LogP contribution is -2.51. The lowest BCUT2D eigenvalue weighted by molar-refractivity contribution is -0.148. The summed E-state index contributed by atoms with van der Waals surface area (Å²) in [5, 5.41) is 9.78. The molecule has 6 heteroatoms. The summed E-state index contributed by atoms with van der Waals surface area (Å²) >= 11 is 0. The van der Waals surface area contributed by atoms with Gasteiger partial charge in [-0.1, -0.05) is 0 Å². The molecule has 0 heterocycles. The van der Waals surface area contributed by atoms with Crippen LogP contribution in [0.3, 0.4) is 0 Å². The zero-order chi connectivity index (χ0) is 9.72. The van der Waals surface area contributed by atoms with Crippen molar-refractivity contribution in [1.82, 2.24) is 10.4 Å². The topological polar surface area (TPSA) is 95.7 Å². The van der Waals surface area contributed by atoms with Gasteiger partial charge in [-0.2, -0.15) is 0 Å². The molecule has 12 heavy (non-hydrogen) atoms. The fraction of sp³-hybridized carbons (Fsp3) is 0.667. The minimum Gasteiger partial charge on any atom is -0.377 e. The van der Waals surface area contributed by atoms with Gasteiger partial charge in [0.2, 0.25) is 0 Å². The quantitative estimate of drug-likeness (QED) is 0.267. The van der Waals surface area contributed by atoms with Crippen LogP contribution in [0.2, 0.25) is 0 Å². The van der Waals surface area contributed by atoms with Crippen LogP contribution in [0.4, 0.5) is 0 Å². The van der Waals surface area contributed by atoms with Gasteiger partial charge in [0.25, 0.3) is 0 Å². The van der Waals surface area contributed by atoms with Crippen molar-refractivity contribution in [2.75, 3.05) is 6.54 Å². The van der Waals surface area contributed by atoms with E-state index in [9.17, 15) is 9.59 Å². The molecule has 0 saturated heterocycles. The Balaban J connectivity index is 4.15. The zero-order valence-corrected chi connectivity index (χ0v) is 7.07. The number of hydrogen-bond acceptors (Lipinski definition) is 4. The number of aliphatic hydroxyl groups is 1. The van der Waals surface area contributed by atoms with E-state index in [4.69, 9.17) is 10.8 Å². The number of nitrogens with zero attached hydrogens (tertiary/aromatic N) is 1. The second-order valence-corrected chi connectivity index (χ2v) is 2.22. The Hall–Kier alpha value is -1.14. The molecule has 0 bridgehead atoms. The van der Waals surface area contributed by atoms with E-state index in [1.54, 1.807) is 6.92 Å². The van der Waals surface area contributed by atoms with E-state index in [0.29, 0.717) is 0 Å². The summed E-state index contributed by atoms with van der Waals surface area (Å²) in [6, 6.07) is 0. The summed E-state index contributed by atoms with van der Waals surface area (Å²) in [6.07, 6.45) is -0.895. The van der Waals surface area contributed by atoms with E-state index >= 15 is 0 Å². The highest BCUT2D eigenvalue weighted by atomic mass is 16.3. The Morgan fingerprint density at radius 2 is 2.17 bits per heavy atom. The van der Waals surface area contributed by atoms with Crippen LogP contribution in [0, 0.1) is 0 Å². The van der Waals surface area contributed by atoms with Crippen molar-refractivity contribution in [3.8, 4) is 0 Å². The lowest BCUT2D eigenvalue weighted by Gasteiger charge is -2.21. The summed E-state index contributed by atoms with van der Waals surface area (Å²) in [5.41, 5.74) is 7.09. The maximum absolute atomic E-state index is 10.9. The first-order valence-corrected chi connectivity index (χ1v) is 3.54. The molecule has 2 amide bonds. The molecule has 70 valence electrons. The smallest absolute Gasteiger partial charge is 0.325 e. The van der Waals surface area contributed by atoms with Crippen LogP contribution in [-0.4, -0.2) is 34.7 Å². The van der Waals surface area contributed by atoms with Gasteiger partial charge in [-0.05, 0) is 13.8 Å². The number of hydrogen-bond donors (Lipinski definition) is 3. The van der Waals surface area contributed by atoms with Crippen molar-refractivity contribution < 1.29 is 14.7 Å². The van der Waals surface area contributed by atoms with Gasteiger partial charge in [0.15, 0.2) is 0 Å². The number of amides is 2. The third-order valence-corrected chi connectivity index (χ3v) is 1.11. The summed E-state index contributed by atoms with van der Waals surface area (Å²) in [7, 11) is 0. The minimum atomic E-state index is -1.05. The Morgan fingerprint density at radius 3 is 2.42 bits per heavy atom. The molecule has 0 radical (unpaired) electrons. The SMILES string of the molecule is CCN(NC(C)O)C(=O)C(N)=O. The van der Waals surface area contributed by atoms with Gasteiger partial charge in [0.1, 0.15) is 6.23 Å². The zero-order valence-electron chi connectivity index (χ0n) is 7.07. The molecular formula is C6H13N3O3. The van der Waals surface area contributed by atoms with Gasteiger partial charge in [0, 0.05) is 6.54 Å². The number of carbonyl (C=O) groups is 2. The molecular weight excluding hydrogens is 162 g/mol. The number of aliphatic hydroxyl groups excluding tert-OH is 1. The van der Waals surface area contributed by atoms with Crippen LogP contribution >= 0.6 is 0 Å². The van der Waals surface area contributed by atoms with Crippen LogP contribution in [-0.2, 0) is 9.59 Å². The monoisotopic (exact) mass is 175 g/mol. The summed E-state index contributed by atoms with van der Waals surface area (Å²) in [5.74, 6) is -1.91. The van der Waals surface area contributed by atoms with Crippen molar-refractivity contribution in [3.63, 3.8) is 0 Å². The molecule has 1 unspecified atom stereocenters.